The number of nitrogens with one attached hydrogen (secondary N) is 1. The third-order valence-electron chi connectivity index (χ3n) is 2.28. The molecule has 0 saturated carbocycles. The van der Waals surface area contributed by atoms with E-state index >= 15 is 0 Å². The number of halogens is 1. The first-order valence-electron chi connectivity index (χ1n) is 4.62. The Bertz CT molecular complexity index is 275. The van der Waals surface area contributed by atoms with E-state index in [1.54, 1.807) is 5.32 Å². The second-order valence-electron chi connectivity index (χ2n) is 3.60. The lowest BCUT2D eigenvalue weighted by Crippen LogP contribution is -2.70. The van der Waals surface area contributed by atoms with Crippen LogP contribution in [0.15, 0.2) is 0 Å². The monoisotopic (exact) mass is 239 g/mol. The third kappa shape index (κ3) is 2.30. The van der Waals surface area contributed by atoms with Gasteiger partial charge >= 0.3 is 0 Å². The highest BCUT2D eigenvalue weighted by Crippen LogP contribution is 2.28. The normalized spacial score (nSPS) is 44.1. The van der Waals surface area contributed by atoms with Crippen molar-refractivity contribution in [2.45, 2.75) is 37.3 Å². The van der Waals surface area contributed by atoms with Crippen LogP contribution in [-0.4, -0.2) is 63.3 Å². The molecular formula is C8H14FNO6. The second kappa shape index (κ2) is 4.60. The highest BCUT2D eigenvalue weighted by atomic mass is 19.1. The summed E-state index contributed by atoms with van der Waals surface area (Å²) in [7, 11) is 0. The van der Waals surface area contributed by atoms with Crippen molar-refractivity contribution in [3.8, 4) is 0 Å². The molecule has 1 amide bonds. The van der Waals surface area contributed by atoms with E-state index < -0.39 is 42.9 Å². The smallest absolute Gasteiger partial charge is 0.279 e. The van der Waals surface area contributed by atoms with Crippen LogP contribution in [0.2, 0.25) is 0 Å². The zero-order chi connectivity index (χ0) is 12.5. The van der Waals surface area contributed by atoms with Gasteiger partial charge < -0.3 is 30.5 Å². The molecular weight excluding hydrogens is 225 g/mol. The Morgan fingerprint density at radius 3 is 2.56 bits per heavy atom. The number of alkyl halides is 1. The SMILES string of the molecule is CC(=O)NC1(O)OC(CO)C(O)C(F)C1O. The molecule has 1 fully saturated rings. The molecule has 1 heterocycles. The number of amides is 1. The van der Waals surface area contributed by atoms with Crippen LogP contribution in [0.4, 0.5) is 4.39 Å². The number of hydrogen-bond donors (Lipinski definition) is 5. The Kier molecular flexibility index (Phi) is 3.81. The maximum absolute atomic E-state index is 13.4. The van der Waals surface area contributed by atoms with Gasteiger partial charge in [0, 0.05) is 6.92 Å². The zero-order valence-corrected chi connectivity index (χ0v) is 8.50. The standard InChI is InChI=1S/C8H14FNO6/c1-3(12)10-8(15)7(14)5(9)6(13)4(2-11)16-8/h4-7,11,13-15H,2H2,1H3,(H,10,12). The lowest BCUT2D eigenvalue weighted by Gasteiger charge is -2.44. The first kappa shape index (κ1) is 13.3. The summed E-state index contributed by atoms with van der Waals surface area (Å²) in [5.74, 6) is -3.42. The molecule has 94 valence electrons. The van der Waals surface area contributed by atoms with E-state index in [0.29, 0.717) is 0 Å². The van der Waals surface area contributed by atoms with Crippen LogP contribution in [0.25, 0.3) is 0 Å². The van der Waals surface area contributed by atoms with E-state index in [0.717, 1.165) is 6.92 Å². The number of carbonyl (C=O) groups is 1. The first-order valence-corrected chi connectivity index (χ1v) is 4.62. The van der Waals surface area contributed by atoms with Crippen molar-refractivity contribution >= 4 is 5.91 Å². The van der Waals surface area contributed by atoms with Crippen molar-refractivity contribution in [3.05, 3.63) is 0 Å². The van der Waals surface area contributed by atoms with E-state index in [1.165, 1.54) is 0 Å². The molecule has 1 aliphatic rings. The molecule has 8 heteroatoms. The Morgan fingerprint density at radius 1 is 1.56 bits per heavy atom. The summed E-state index contributed by atoms with van der Waals surface area (Å²) in [4.78, 5) is 10.7. The number of aliphatic hydroxyl groups excluding tert-OH is 3. The summed E-state index contributed by atoms with van der Waals surface area (Å²) in [6.45, 7) is 0.260. The topological polar surface area (TPSA) is 119 Å². The maximum Gasteiger partial charge on any atom is 0.279 e. The van der Waals surface area contributed by atoms with E-state index in [1.807, 2.05) is 0 Å². The number of aliphatic hydroxyl groups is 4. The second-order valence-corrected chi connectivity index (χ2v) is 3.60. The van der Waals surface area contributed by atoms with Gasteiger partial charge in [-0.3, -0.25) is 4.79 Å². The fourth-order valence-corrected chi connectivity index (χ4v) is 1.48. The van der Waals surface area contributed by atoms with Crippen molar-refractivity contribution in [1.82, 2.24) is 5.32 Å². The van der Waals surface area contributed by atoms with Crippen molar-refractivity contribution in [1.29, 1.82) is 0 Å². The molecule has 1 aliphatic heterocycles. The first-order chi connectivity index (χ1) is 7.31. The lowest BCUT2D eigenvalue weighted by atomic mass is 9.98. The Balaban J connectivity index is 2.89. The van der Waals surface area contributed by atoms with Gasteiger partial charge in [0.05, 0.1) is 6.61 Å². The zero-order valence-electron chi connectivity index (χ0n) is 8.50. The van der Waals surface area contributed by atoms with Crippen LogP contribution >= 0.6 is 0 Å². The summed E-state index contributed by atoms with van der Waals surface area (Å²) in [5, 5.41) is 38.8. The number of ether oxygens (including phenoxy) is 1. The van der Waals surface area contributed by atoms with Gasteiger partial charge in [-0.05, 0) is 0 Å². The maximum atomic E-state index is 13.4. The van der Waals surface area contributed by atoms with Crippen molar-refractivity contribution in [3.63, 3.8) is 0 Å². The van der Waals surface area contributed by atoms with Crippen LogP contribution in [-0.2, 0) is 9.53 Å². The molecule has 1 saturated heterocycles. The fraction of sp³-hybridized carbons (Fsp3) is 0.875. The van der Waals surface area contributed by atoms with Gasteiger partial charge in [0.15, 0.2) is 12.3 Å². The quantitative estimate of drug-likeness (QED) is 0.332. The van der Waals surface area contributed by atoms with Gasteiger partial charge in [-0.15, -0.1) is 0 Å². The largest absolute Gasteiger partial charge is 0.394 e. The lowest BCUT2D eigenvalue weighted by molar-refractivity contribution is -0.350. The van der Waals surface area contributed by atoms with Crippen LogP contribution in [0.1, 0.15) is 6.92 Å². The van der Waals surface area contributed by atoms with Crippen molar-refractivity contribution in [2.75, 3.05) is 6.61 Å². The van der Waals surface area contributed by atoms with Gasteiger partial charge in [-0.1, -0.05) is 0 Å². The molecule has 0 bridgehead atoms. The van der Waals surface area contributed by atoms with E-state index in [4.69, 9.17) is 5.11 Å². The van der Waals surface area contributed by atoms with Gasteiger partial charge in [0.2, 0.25) is 5.91 Å². The molecule has 5 unspecified atom stereocenters. The van der Waals surface area contributed by atoms with Crippen molar-refractivity contribution < 1.29 is 34.3 Å². The van der Waals surface area contributed by atoms with Gasteiger partial charge in [-0.2, -0.15) is 0 Å². The summed E-state index contributed by atoms with van der Waals surface area (Å²) in [5.41, 5.74) is 0. The van der Waals surface area contributed by atoms with E-state index in [2.05, 4.69) is 4.74 Å². The molecule has 0 aromatic rings. The summed E-state index contributed by atoms with van der Waals surface area (Å²) in [6.07, 6.45) is -7.61. The predicted octanol–water partition coefficient (Wildman–Crippen LogP) is -2.78. The summed E-state index contributed by atoms with van der Waals surface area (Å²) >= 11 is 0. The molecule has 5 N–H and O–H groups in total. The molecule has 0 aromatic heterocycles. The molecule has 16 heavy (non-hydrogen) atoms. The molecule has 7 nitrogen and oxygen atoms in total. The number of rotatable bonds is 2. The van der Waals surface area contributed by atoms with Crippen LogP contribution in [0.3, 0.4) is 0 Å². The Morgan fingerprint density at radius 2 is 2.12 bits per heavy atom. The molecule has 0 aliphatic carbocycles. The average molecular weight is 239 g/mol. The van der Waals surface area contributed by atoms with Crippen molar-refractivity contribution in [2.24, 2.45) is 0 Å². The van der Waals surface area contributed by atoms with Gasteiger partial charge in [0.1, 0.15) is 12.2 Å². The number of carbonyl (C=O) groups excluding carboxylic acids is 1. The highest BCUT2D eigenvalue weighted by molar-refractivity contribution is 5.73. The van der Waals surface area contributed by atoms with E-state index in [9.17, 15) is 24.5 Å². The highest BCUT2D eigenvalue weighted by Gasteiger charge is 2.54. The van der Waals surface area contributed by atoms with Gasteiger partial charge in [-0.25, -0.2) is 4.39 Å². The van der Waals surface area contributed by atoms with Gasteiger partial charge in [0.25, 0.3) is 5.91 Å². The summed E-state index contributed by atoms with van der Waals surface area (Å²) < 4.78 is 18.0. The molecule has 1 rings (SSSR count). The molecule has 0 aromatic carbocycles. The minimum absolute atomic E-state index is 0.762. The molecule has 0 spiro atoms. The summed E-state index contributed by atoms with van der Waals surface area (Å²) in [6, 6.07) is 0. The molecule has 5 atom stereocenters. The minimum Gasteiger partial charge on any atom is -0.394 e. The van der Waals surface area contributed by atoms with E-state index in [-0.39, 0.29) is 0 Å². The number of hydrogen-bond acceptors (Lipinski definition) is 6. The average Bonchev–Trinajstić information content (AvgIpc) is 2.20. The minimum atomic E-state index is -2.65. The Labute approximate surface area is 90.5 Å². The van der Waals surface area contributed by atoms with Crippen LogP contribution in [0, 0.1) is 0 Å². The fourth-order valence-electron chi connectivity index (χ4n) is 1.48. The Hall–Kier alpha value is -0.800. The third-order valence-corrected chi connectivity index (χ3v) is 2.28. The predicted molar refractivity (Wildman–Crippen MR) is 47.6 cm³/mol. The van der Waals surface area contributed by atoms with Crippen LogP contribution < -0.4 is 5.32 Å². The van der Waals surface area contributed by atoms with Crippen LogP contribution in [0.5, 0.6) is 0 Å². The molecule has 0 radical (unpaired) electrons.